The summed E-state index contributed by atoms with van der Waals surface area (Å²) in [6.45, 7) is 2.94. The second kappa shape index (κ2) is 2.98. The molecule has 0 saturated carbocycles. The van der Waals surface area contributed by atoms with E-state index in [0.29, 0.717) is 0 Å². The number of nitrogens with zero attached hydrogens (tertiary/aromatic N) is 2. The number of imidazole rings is 1. The molecule has 1 N–H and O–H groups in total. The van der Waals surface area contributed by atoms with Crippen LogP contribution in [-0.2, 0) is 25.9 Å². The number of hydrogen-bond acceptors (Lipinski definition) is 3. The zero-order valence-corrected chi connectivity index (χ0v) is 8.99. The largest absolute Gasteiger partial charge is 0.469 e. The summed E-state index contributed by atoms with van der Waals surface area (Å²) < 4.78 is 7.86. The Bertz CT molecular complexity index is 553. The molecule has 0 saturated heterocycles. The first-order chi connectivity index (χ1) is 7.93. The predicted molar refractivity (Wildman–Crippen MR) is 59.0 cm³/mol. The number of aryl methyl sites for hydroxylation is 2. The Morgan fingerprint density at radius 2 is 2.38 bits per heavy atom. The van der Waals surface area contributed by atoms with E-state index in [0.717, 1.165) is 38.2 Å². The third kappa shape index (κ3) is 0.998. The highest BCUT2D eigenvalue weighted by atomic mass is 16.3. The molecule has 0 bridgehead atoms. The maximum absolute atomic E-state index is 5.52. The van der Waals surface area contributed by atoms with Crippen molar-refractivity contribution in [3.63, 3.8) is 0 Å². The molecular formula is C12H13N3O. The van der Waals surface area contributed by atoms with Gasteiger partial charge in [0.1, 0.15) is 11.6 Å². The fourth-order valence-electron chi connectivity index (χ4n) is 2.77. The molecule has 0 unspecified atom stereocenters. The van der Waals surface area contributed by atoms with Crippen LogP contribution >= 0.6 is 0 Å². The number of fused-ring (bicyclic) bond motifs is 5. The number of aromatic nitrogens is 2. The molecule has 1 aliphatic heterocycles. The average molecular weight is 215 g/mol. The Labute approximate surface area is 93.3 Å². The van der Waals surface area contributed by atoms with Crippen LogP contribution in [0.15, 0.2) is 16.7 Å². The molecule has 2 aromatic heterocycles. The topological polar surface area (TPSA) is 43.0 Å². The number of hydrogen-bond donors (Lipinski definition) is 1. The molecule has 1 aliphatic carbocycles. The van der Waals surface area contributed by atoms with Gasteiger partial charge in [0.05, 0.1) is 24.2 Å². The zero-order valence-electron chi connectivity index (χ0n) is 8.99. The lowest BCUT2D eigenvalue weighted by Crippen LogP contribution is -2.28. The maximum Gasteiger partial charge on any atom is 0.123 e. The lowest BCUT2D eigenvalue weighted by molar-refractivity contribution is 0.500. The van der Waals surface area contributed by atoms with Crippen LogP contribution < -0.4 is 5.32 Å². The smallest absolute Gasteiger partial charge is 0.123 e. The number of rotatable bonds is 0. The Morgan fingerprint density at radius 3 is 3.38 bits per heavy atom. The molecule has 4 nitrogen and oxygen atoms in total. The fourth-order valence-corrected chi connectivity index (χ4v) is 2.77. The Kier molecular flexibility index (Phi) is 1.60. The van der Waals surface area contributed by atoms with E-state index >= 15 is 0 Å². The van der Waals surface area contributed by atoms with Crippen LogP contribution in [0.3, 0.4) is 0 Å². The van der Waals surface area contributed by atoms with Gasteiger partial charge in [-0.05, 0) is 12.5 Å². The van der Waals surface area contributed by atoms with Gasteiger partial charge in [0, 0.05) is 25.1 Å². The summed E-state index contributed by atoms with van der Waals surface area (Å²) in [4.78, 5) is 4.73. The Morgan fingerprint density at radius 1 is 1.38 bits per heavy atom. The zero-order chi connectivity index (χ0) is 10.5. The van der Waals surface area contributed by atoms with Gasteiger partial charge in [0.25, 0.3) is 0 Å². The molecule has 0 fully saturated rings. The molecule has 3 heterocycles. The van der Waals surface area contributed by atoms with Crippen LogP contribution in [0.2, 0.25) is 0 Å². The quantitative estimate of drug-likeness (QED) is 0.721. The maximum atomic E-state index is 5.52. The van der Waals surface area contributed by atoms with Crippen molar-refractivity contribution in [2.24, 2.45) is 0 Å². The summed E-state index contributed by atoms with van der Waals surface area (Å²) in [6, 6.07) is 2.07. The summed E-state index contributed by atoms with van der Waals surface area (Å²) in [5, 5.41) is 3.36. The van der Waals surface area contributed by atoms with Crippen molar-refractivity contribution in [1.29, 1.82) is 0 Å². The van der Waals surface area contributed by atoms with E-state index in [4.69, 9.17) is 9.40 Å². The summed E-state index contributed by atoms with van der Waals surface area (Å²) in [5.74, 6) is 2.29. The second-order valence-corrected chi connectivity index (χ2v) is 4.41. The van der Waals surface area contributed by atoms with Crippen molar-refractivity contribution in [3.8, 4) is 11.3 Å². The van der Waals surface area contributed by atoms with Crippen LogP contribution in [0, 0.1) is 0 Å². The number of furan rings is 1. The first-order valence-corrected chi connectivity index (χ1v) is 5.79. The van der Waals surface area contributed by atoms with Gasteiger partial charge < -0.3 is 14.3 Å². The van der Waals surface area contributed by atoms with Gasteiger partial charge in [-0.2, -0.15) is 0 Å². The molecule has 2 aliphatic rings. The second-order valence-electron chi connectivity index (χ2n) is 4.41. The van der Waals surface area contributed by atoms with Crippen molar-refractivity contribution < 1.29 is 4.42 Å². The van der Waals surface area contributed by atoms with Crippen LogP contribution in [-0.4, -0.2) is 16.1 Å². The third-order valence-electron chi connectivity index (χ3n) is 3.50. The van der Waals surface area contributed by atoms with Gasteiger partial charge in [-0.25, -0.2) is 4.98 Å². The molecule has 4 heteroatoms. The lowest BCUT2D eigenvalue weighted by atomic mass is 9.99. The molecule has 0 atom stereocenters. The highest BCUT2D eigenvalue weighted by Crippen LogP contribution is 2.35. The monoisotopic (exact) mass is 215 g/mol. The minimum Gasteiger partial charge on any atom is -0.469 e. The van der Waals surface area contributed by atoms with Crippen LogP contribution in [0.25, 0.3) is 11.3 Å². The van der Waals surface area contributed by atoms with Crippen LogP contribution in [0.4, 0.5) is 0 Å². The summed E-state index contributed by atoms with van der Waals surface area (Å²) in [5.41, 5.74) is 3.79. The molecule has 0 spiro atoms. The van der Waals surface area contributed by atoms with Crippen molar-refractivity contribution in [2.75, 3.05) is 6.54 Å². The fraction of sp³-hybridized carbons (Fsp3) is 0.417. The van der Waals surface area contributed by atoms with Gasteiger partial charge in [-0.1, -0.05) is 0 Å². The lowest BCUT2D eigenvalue weighted by Gasteiger charge is -2.18. The van der Waals surface area contributed by atoms with E-state index < -0.39 is 0 Å². The third-order valence-corrected chi connectivity index (χ3v) is 3.50. The molecule has 0 aromatic carbocycles. The standard InChI is InChI=1S/C12H13N3O/c1-2-10-8(3-6-16-10)12-9(1)14-11-7-13-4-5-15(11)12/h3,6,13H,1-2,4-5,7H2. The Balaban J connectivity index is 1.99. The van der Waals surface area contributed by atoms with Crippen molar-refractivity contribution >= 4 is 0 Å². The normalized spacial score (nSPS) is 17.8. The highest BCUT2D eigenvalue weighted by Gasteiger charge is 2.26. The van der Waals surface area contributed by atoms with Crippen molar-refractivity contribution in [1.82, 2.24) is 14.9 Å². The number of nitrogens with one attached hydrogen (secondary N) is 1. The Hall–Kier alpha value is -1.55. The average Bonchev–Trinajstić information content (AvgIpc) is 2.91. The SMILES string of the molecule is c1cc2c(o1)CCc1nc3n(c1-2)CCNC3. The van der Waals surface area contributed by atoms with Gasteiger partial charge >= 0.3 is 0 Å². The van der Waals surface area contributed by atoms with E-state index in [1.165, 1.54) is 22.8 Å². The van der Waals surface area contributed by atoms with E-state index in [2.05, 4.69) is 16.0 Å². The van der Waals surface area contributed by atoms with E-state index in [1.54, 1.807) is 6.26 Å². The van der Waals surface area contributed by atoms with E-state index in [1.807, 2.05) is 0 Å². The van der Waals surface area contributed by atoms with Crippen LogP contribution in [0.1, 0.15) is 17.3 Å². The van der Waals surface area contributed by atoms with Crippen molar-refractivity contribution in [3.05, 3.63) is 29.6 Å². The van der Waals surface area contributed by atoms with Gasteiger partial charge in [0.2, 0.25) is 0 Å². The first-order valence-electron chi connectivity index (χ1n) is 5.79. The van der Waals surface area contributed by atoms with E-state index in [-0.39, 0.29) is 0 Å². The first kappa shape index (κ1) is 8.58. The molecule has 4 rings (SSSR count). The van der Waals surface area contributed by atoms with Crippen molar-refractivity contribution in [2.45, 2.75) is 25.9 Å². The minimum absolute atomic E-state index is 0.889. The molecule has 82 valence electrons. The van der Waals surface area contributed by atoms with Gasteiger partial charge in [0.15, 0.2) is 0 Å². The molecule has 2 aromatic rings. The van der Waals surface area contributed by atoms with Gasteiger partial charge in [-0.3, -0.25) is 0 Å². The van der Waals surface area contributed by atoms with Gasteiger partial charge in [-0.15, -0.1) is 0 Å². The predicted octanol–water partition coefficient (Wildman–Crippen LogP) is 1.34. The minimum atomic E-state index is 0.889. The molecule has 16 heavy (non-hydrogen) atoms. The van der Waals surface area contributed by atoms with E-state index in [9.17, 15) is 0 Å². The molecule has 0 amide bonds. The summed E-state index contributed by atoms with van der Waals surface area (Å²) in [6.07, 6.45) is 3.79. The summed E-state index contributed by atoms with van der Waals surface area (Å²) >= 11 is 0. The van der Waals surface area contributed by atoms with Crippen LogP contribution in [0.5, 0.6) is 0 Å². The highest BCUT2D eigenvalue weighted by molar-refractivity contribution is 5.67. The summed E-state index contributed by atoms with van der Waals surface area (Å²) in [7, 11) is 0. The molecular weight excluding hydrogens is 202 g/mol. The molecule has 0 radical (unpaired) electrons.